The molecule has 2 aromatic rings. The number of aromatic nitrogens is 3. The second kappa shape index (κ2) is 4.96. The molecule has 0 N–H and O–H groups in total. The summed E-state index contributed by atoms with van der Waals surface area (Å²) >= 11 is 0. The molecule has 0 amide bonds. The first kappa shape index (κ1) is 12.1. The van der Waals surface area contributed by atoms with Gasteiger partial charge in [-0.3, -0.25) is 9.97 Å². The van der Waals surface area contributed by atoms with E-state index in [-0.39, 0.29) is 0 Å². The van der Waals surface area contributed by atoms with Crippen LogP contribution in [0.5, 0.6) is 0 Å². The largest absolute Gasteiger partial charge is 0.348 e. The van der Waals surface area contributed by atoms with Gasteiger partial charge in [0.2, 0.25) is 0 Å². The Hall–Kier alpha value is -1.97. The van der Waals surface area contributed by atoms with Gasteiger partial charge in [-0.05, 0) is 38.3 Å². The fraction of sp³-hybridized carbons (Fsp3) is 0.400. The highest BCUT2D eigenvalue weighted by atomic mass is 15.2. The van der Waals surface area contributed by atoms with E-state index in [9.17, 15) is 0 Å². The summed E-state index contributed by atoms with van der Waals surface area (Å²) in [5, 5.41) is 0. The molecule has 1 unspecified atom stereocenters. The van der Waals surface area contributed by atoms with Crippen LogP contribution in [0.2, 0.25) is 0 Å². The van der Waals surface area contributed by atoms with Gasteiger partial charge in [0.1, 0.15) is 0 Å². The van der Waals surface area contributed by atoms with Crippen molar-refractivity contribution in [2.75, 3.05) is 11.4 Å². The molecule has 4 nitrogen and oxygen atoms in total. The summed E-state index contributed by atoms with van der Waals surface area (Å²) in [4.78, 5) is 15.7. The van der Waals surface area contributed by atoms with Crippen LogP contribution in [-0.2, 0) is 0 Å². The van der Waals surface area contributed by atoms with Crippen molar-refractivity contribution in [2.24, 2.45) is 0 Å². The predicted octanol–water partition coefficient (Wildman–Crippen LogP) is 2.83. The highest BCUT2D eigenvalue weighted by Crippen LogP contribution is 2.35. The van der Waals surface area contributed by atoms with Gasteiger partial charge in [0.05, 0.1) is 17.4 Å². The second-order valence-corrected chi connectivity index (χ2v) is 5.06. The van der Waals surface area contributed by atoms with E-state index >= 15 is 0 Å². The molecule has 0 aromatic carbocycles. The molecular weight excluding hydrogens is 236 g/mol. The summed E-state index contributed by atoms with van der Waals surface area (Å²) in [5.41, 5.74) is 3.24. The van der Waals surface area contributed by atoms with E-state index < -0.39 is 0 Å². The van der Waals surface area contributed by atoms with Crippen LogP contribution in [-0.4, -0.2) is 21.5 Å². The van der Waals surface area contributed by atoms with Crippen molar-refractivity contribution in [1.29, 1.82) is 0 Å². The number of anilines is 1. The van der Waals surface area contributed by atoms with Gasteiger partial charge in [0.25, 0.3) is 0 Å². The van der Waals surface area contributed by atoms with Crippen molar-refractivity contribution in [1.82, 2.24) is 15.0 Å². The van der Waals surface area contributed by atoms with Crippen LogP contribution in [0.4, 0.5) is 5.82 Å². The molecule has 0 aliphatic carbocycles. The maximum Gasteiger partial charge on any atom is 0.150 e. The molecular formula is C15H18N4. The minimum atomic E-state index is 0.378. The average molecular weight is 254 g/mol. The van der Waals surface area contributed by atoms with Gasteiger partial charge < -0.3 is 4.90 Å². The monoisotopic (exact) mass is 254 g/mol. The Morgan fingerprint density at radius 2 is 2.16 bits per heavy atom. The van der Waals surface area contributed by atoms with E-state index in [1.54, 1.807) is 0 Å². The van der Waals surface area contributed by atoms with Crippen molar-refractivity contribution in [3.63, 3.8) is 0 Å². The first-order valence-corrected chi connectivity index (χ1v) is 6.72. The van der Waals surface area contributed by atoms with Gasteiger partial charge in [0, 0.05) is 25.1 Å². The molecule has 0 saturated carbocycles. The molecule has 2 aromatic heterocycles. The van der Waals surface area contributed by atoms with E-state index in [4.69, 9.17) is 0 Å². The van der Waals surface area contributed by atoms with Gasteiger partial charge in [-0.25, -0.2) is 4.98 Å². The number of hydrogen-bond acceptors (Lipinski definition) is 4. The minimum absolute atomic E-state index is 0.378. The Kier molecular flexibility index (Phi) is 3.15. The van der Waals surface area contributed by atoms with E-state index in [2.05, 4.69) is 25.9 Å². The Morgan fingerprint density at radius 3 is 2.95 bits per heavy atom. The van der Waals surface area contributed by atoms with Gasteiger partial charge in [-0.1, -0.05) is 6.07 Å². The third-order valence-corrected chi connectivity index (χ3v) is 3.64. The average Bonchev–Trinajstić information content (AvgIpc) is 2.91. The van der Waals surface area contributed by atoms with Crippen molar-refractivity contribution < 1.29 is 0 Å². The summed E-state index contributed by atoms with van der Waals surface area (Å²) in [6, 6.07) is 4.53. The van der Waals surface area contributed by atoms with Crippen LogP contribution in [0.3, 0.4) is 0 Å². The molecule has 0 radical (unpaired) electrons. The number of nitrogens with zero attached hydrogens (tertiary/aromatic N) is 4. The third kappa shape index (κ3) is 2.30. The molecule has 3 heterocycles. The summed E-state index contributed by atoms with van der Waals surface area (Å²) in [6.45, 7) is 5.06. The van der Waals surface area contributed by atoms with Gasteiger partial charge in [0.15, 0.2) is 5.82 Å². The molecule has 98 valence electrons. The molecule has 1 fully saturated rings. The standard InChI is InChI=1S/C15H18N4/c1-11-9-17-12(2)15(18-11)19-8-4-6-14(19)13-5-3-7-16-10-13/h3,5,7,9-10,14H,4,6,8H2,1-2H3. The summed E-state index contributed by atoms with van der Waals surface area (Å²) in [7, 11) is 0. The van der Waals surface area contributed by atoms with Crippen molar-refractivity contribution >= 4 is 5.82 Å². The summed E-state index contributed by atoms with van der Waals surface area (Å²) in [5.74, 6) is 1.02. The minimum Gasteiger partial charge on any atom is -0.348 e. The van der Waals surface area contributed by atoms with Crippen LogP contribution in [0.15, 0.2) is 30.7 Å². The van der Waals surface area contributed by atoms with Crippen LogP contribution >= 0.6 is 0 Å². The predicted molar refractivity (Wildman–Crippen MR) is 75.1 cm³/mol. The molecule has 19 heavy (non-hydrogen) atoms. The summed E-state index contributed by atoms with van der Waals surface area (Å²) in [6.07, 6.45) is 7.95. The maximum absolute atomic E-state index is 4.67. The van der Waals surface area contributed by atoms with Crippen molar-refractivity contribution in [2.45, 2.75) is 32.7 Å². The third-order valence-electron chi connectivity index (χ3n) is 3.64. The molecule has 1 aliphatic rings. The van der Waals surface area contributed by atoms with Crippen molar-refractivity contribution in [3.05, 3.63) is 47.7 Å². The number of pyridine rings is 1. The van der Waals surface area contributed by atoms with Gasteiger partial charge in [-0.2, -0.15) is 0 Å². The van der Waals surface area contributed by atoms with Crippen LogP contribution < -0.4 is 4.90 Å². The first-order valence-electron chi connectivity index (χ1n) is 6.72. The zero-order valence-corrected chi connectivity index (χ0v) is 11.4. The Labute approximate surface area is 113 Å². The topological polar surface area (TPSA) is 41.9 Å². The van der Waals surface area contributed by atoms with Crippen LogP contribution in [0.25, 0.3) is 0 Å². The van der Waals surface area contributed by atoms with Gasteiger partial charge in [-0.15, -0.1) is 0 Å². The lowest BCUT2D eigenvalue weighted by atomic mass is 10.1. The quantitative estimate of drug-likeness (QED) is 0.826. The van der Waals surface area contributed by atoms with Crippen LogP contribution in [0, 0.1) is 13.8 Å². The molecule has 1 atom stereocenters. The highest BCUT2D eigenvalue weighted by Gasteiger charge is 2.28. The highest BCUT2D eigenvalue weighted by molar-refractivity contribution is 5.47. The molecule has 0 spiro atoms. The number of rotatable bonds is 2. The Bertz CT molecular complexity index is 568. The Balaban J connectivity index is 1.97. The van der Waals surface area contributed by atoms with E-state index in [0.29, 0.717) is 6.04 Å². The first-order chi connectivity index (χ1) is 9.25. The summed E-state index contributed by atoms with van der Waals surface area (Å²) < 4.78 is 0. The molecule has 1 aliphatic heterocycles. The number of aryl methyl sites for hydroxylation is 2. The molecule has 4 heteroatoms. The zero-order valence-electron chi connectivity index (χ0n) is 11.4. The molecule has 1 saturated heterocycles. The maximum atomic E-state index is 4.67. The lowest BCUT2D eigenvalue weighted by Gasteiger charge is -2.27. The SMILES string of the molecule is Cc1cnc(C)c(N2CCCC2c2cccnc2)n1. The molecule has 0 bridgehead atoms. The van der Waals surface area contributed by atoms with E-state index in [0.717, 1.165) is 30.2 Å². The fourth-order valence-corrected chi connectivity index (χ4v) is 2.74. The van der Waals surface area contributed by atoms with E-state index in [1.807, 2.05) is 38.5 Å². The van der Waals surface area contributed by atoms with Crippen molar-refractivity contribution in [3.8, 4) is 0 Å². The second-order valence-electron chi connectivity index (χ2n) is 5.06. The van der Waals surface area contributed by atoms with E-state index in [1.165, 1.54) is 12.0 Å². The smallest absolute Gasteiger partial charge is 0.150 e. The normalized spacial score (nSPS) is 18.8. The van der Waals surface area contributed by atoms with Crippen LogP contribution in [0.1, 0.15) is 35.8 Å². The lowest BCUT2D eigenvalue weighted by molar-refractivity contribution is 0.702. The van der Waals surface area contributed by atoms with Gasteiger partial charge >= 0.3 is 0 Å². The number of hydrogen-bond donors (Lipinski definition) is 0. The fourth-order valence-electron chi connectivity index (χ4n) is 2.74. The Morgan fingerprint density at radius 1 is 1.26 bits per heavy atom. The zero-order chi connectivity index (χ0) is 13.2. The molecule has 3 rings (SSSR count). The lowest BCUT2D eigenvalue weighted by Crippen LogP contribution is -2.25.